The molecule has 0 aliphatic carbocycles. The van der Waals surface area contributed by atoms with Crippen molar-refractivity contribution in [3.8, 4) is 11.5 Å². The Morgan fingerprint density at radius 3 is 2.79 bits per heavy atom. The standard InChI is InChI=1S/C11H15NO2/c1-8-5-6-10(13)11(14-2)9(8)4-3-7-12/h3-6,13H,7,12H2,1-2H3/b4-3+. The number of rotatable bonds is 3. The van der Waals surface area contributed by atoms with E-state index in [0.717, 1.165) is 11.1 Å². The summed E-state index contributed by atoms with van der Waals surface area (Å²) in [5.74, 6) is 0.643. The van der Waals surface area contributed by atoms with Crippen LogP contribution >= 0.6 is 0 Å². The van der Waals surface area contributed by atoms with E-state index >= 15 is 0 Å². The van der Waals surface area contributed by atoms with Gasteiger partial charge in [0.15, 0.2) is 11.5 Å². The first kappa shape index (κ1) is 10.6. The fraction of sp³-hybridized carbons (Fsp3) is 0.273. The van der Waals surface area contributed by atoms with Crippen LogP contribution in [0.15, 0.2) is 18.2 Å². The third kappa shape index (κ3) is 2.06. The van der Waals surface area contributed by atoms with Crippen molar-refractivity contribution in [2.24, 2.45) is 5.73 Å². The molecule has 76 valence electrons. The number of hydrogen-bond acceptors (Lipinski definition) is 3. The second-order valence-corrected chi connectivity index (χ2v) is 2.99. The number of benzene rings is 1. The minimum Gasteiger partial charge on any atom is -0.504 e. The van der Waals surface area contributed by atoms with Gasteiger partial charge in [-0.25, -0.2) is 0 Å². The van der Waals surface area contributed by atoms with Crippen LogP contribution in [0.1, 0.15) is 11.1 Å². The average Bonchev–Trinajstić information content (AvgIpc) is 2.19. The molecule has 1 aromatic rings. The lowest BCUT2D eigenvalue weighted by Crippen LogP contribution is -1.94. The summed E-state index contributed by atoms with van der Waals surface area (Å²) in [5.41, 5.74) is 7.28. The van der Waals surface area contributed by atoms with Gasteiger partial charge in [0.2, 0.25) is 0 Å². The number of aryl methyl sites for hydroxylation is 1. The maximum absolute atomic E-state index is 9.52. The molecule has 0 saturated heterocycles. The highest BCUT2D eigenvalue weighted by atomic mass is 16.5. The summed E-state index contributed by atoms with van der Waals surface area (Å²) < 4.78 is 5.11. The zero-order chi connectivity index (χ0) is 10.6. The molecule has 14 heavy (non-hydrogen) atoms. The average molecular weight is 193 g/mol. The highest BCUT2D eigenvalue weighted by Crippen LogP contribution is 2.32. The van der Waals surface area contributed by atoms with Crippen LogP contribution in [0.5, 0.6) is 11.5 Å². The SMILES string of the molecule is COc1c(O)ccc(C)c1/C=C/CN. The molecule has 1 rings (SSSR count). The minimum absolute atomic E-state index is 0.148. The van der Waals surface area contributed by atoms with Gasteiger partial charge in [-0.2, -0.15) is 0 Å². The molecule has 0 amide bonds. The molecule has 0 radical (unpaired) electrons. The summed E-state index contributed by atoms with van der Waals surface area (Å²) in [4.78, 5) is 0. The first-order valence-corrected chi connectivity index (χ1v) is 4.44. The smallest absolute Gasteiger partial charge is 0.167 e. The summed E-state index contributed by atoms with van der Waals surface area (Å²) in [6.45, 7) is 2.43. The molecule has 3 N–H and O–H groups in total. The molecule has 0 unspecified atom stereocenters. The van der Waals surface area contributed by atoms with Gasteiger partial charge < -0.3 is 15.6 Å². The van der Waals surface area contributed by atoms with Gasteiger partial charge in [0.05, 0.1) is 7.11 Å². The number of phenols is 1. The van der Waals surface area contributed by atoms with Gasteiger partial charge in [0.1, 0.15) is 0 Å². The lowest BCUT2D eigenvalue weighted by Gasteiger charge is -2.09. The minimum atomic E-state index is 0.148. The molecule has 0 spiro atoms. The molecule has 1 aromatic carbocycles. The monoisotopic (exact) mass is 193 g/mol. The van der Waals surface area contributed by atoms with Crippen molar-refractivity contribution >= 4 is 6.08 Å². The number of hydrogen-bond donors (Lipinski definition) is 2. The van der Waals surface area contributed by atoms with Gasteiger partial charge in [-0.05, 0) is 18.6 Å². The first-order valence-electron chi connectivity index (χ1n) is 4.44. The Kier molecular flexibility index (Phi) is 3.54. The maximum Gasteiger partial charge on any atom is 0.167 e. The van der Waals surface area contributed by atoms with Crippen molar-refractivity contribution in [3.05, 3.63) is 29.3 Å². The first-order chi connectivity index (χ1) is 6.70. The van der Waals surface area contributed by atoms with Gasteiger partial charge >= 0.3 is 0 Å². The summed E-state index contributed by atoms with van der Waals surface area (Å²) in [7, 11) is 1.54. The van der Waals surface area contributed by atoms with Crippen LogP contribution in [0.3, 0.4) is 0 Å². The van der Waals surface area contributed by atoms with E-state index in [9.17, 15) is 5.11 Å². The van der Waals surface area contributed by atoms with Crippen LogP contribution in [-0.4, -0.2) is 18.8 Å². The molecule has 0 aliphatic heterocycles. The van der Waals surface area contributed by atoms with E-state index in [1.54, 1.807) is 6.07 Å². The van der Waals surface area contributed by atoms with E-state index in [2.05, 4.69) is 0 Å². The topological polar surface area (TPSA) is 55.5 Å². The molecular weight excluding hydrogens is 178 g/mol. The number of aromatic hydroxyl groups is 1. The van der Waals surface area contributed by atoms with Crippen LogP contribution < -0.4 is 10.5 Å². The lowest BCUT2D eigenvalue weighted by atomic mass is 10.1. The predicted octanol–water partition coefficient (Wildman–Crippen LogP) is 1.68. The van der Waals surface area contributed by atoms with Crippen molar-refractivity contribution in [2.45, 2.75) is 6.92 Å². The fourth-order valence-corrected chi connectivity index (χ4v) is 1.29. The molecule has 3 heteroatoms. The van der Waals surface area contributed by atoms with Gasteiger partial charge in [0.25, 0.3) is 0 Å². The molecule has 3 nitrogen and oxygen atoms in total. The Labute approximate surface area is 83.8 Å². The Morgan fingerprint density at radius 1 is 1.50 bits per heavy atom. The van der Waals surface area contributed by atoms with Crippen LogP contribution in [0, 0.1) is 6.92 Å². The van der Waals surface area contributed by atoms with E-state index < -0.39 is 0 Å². The highest BCUT2D eigenvalue weighted by Gasteiger charge is 2.07. The van der Waals surface area contributed by atoms with E-state index in [1.807, 2.05) is 25.1 Å². The van der Waals surface area contributed by atoms with Crippen LogP contribution in [0.4, 0.5) is 0 Å². The molecular formula is C11H15NO2. The Balaban J connectivity index is 3.22. The third-order valence-corrected chi connectivity index (χ3v) is 2.02. The van der Waals surface area contributed by atoms with Gasteiger partial charge in [-0.15, -0.1) is 0 Å². The van der Waals surface area contributed by atoms with Gasteiger partial charge in [-0.1, -0.05) is 18.2 Å². The predicted molar refractivity (Wildman–Crippen MR) is 57.5 cm³/mol. The van der Waals surface area contributed by atoms with Crippen molar-refractivity contribution in [1.82, 2.24) is 0 Å². The summed E-state index contributed by atoms with van der Waals surface area (Å²) in [6, 6.07) is 3.46. The largest absolute Gasteiger partial charge is 0.504 e. The zero-order valence-corrected chi connectivity index (χ0v) is 8.45. The second-order valence-electron chi connectivity index (χ2n) is 2.99. The maximum atomic E-state index is 9.52. The summed E-state index contributed by atoms with van der Waals surface area (Å²) in [6.07, 6.45) is 3.68. The Bertz CT molecular complexity index is 345. The lowest BCUT2D eigenvalue weighted by molar-refractivity contribution is 0.372. The quantitative estimate of drug-likeness (QED) is 0.768. The van der Waals surface area contributed by atoms with Gasteiger partial charge in [-0.3, -0.25) is 0 Å². The molecule has 0 aromatic heterocycles. The number of phenolic OH excluding ortho intramolecular Hbond substituents is 1. The van der Waals surface area contributed by atoms with Gasteiger partial charge in [0, 0.05) is 12.1 Å². The van der Waals surface area contributed by atoms with E-state index in [4.69, 9.17) is 10.5 Å². The summed E-state index contributed by atoms with van der Waals surface area (Å²) >= 11 is 0. The number of nitrogens with two attached hydrogens (primary N) is 1. The number of ether oxygens (including phenoxy) is 1. The second kappa shape index (κ2) is 4.67. The molecule has 0 bridgehead atoms. The van der Waals surface area contributed by atoms with Crippen LogP contribution in [0.2, 0.25) is 0 Å². The van der Waals surface area contributed by atoms with Crippen LogP contribution in [-0.2, 0) is 0 Å². The van der Waals surface area contributed by atoms with Crippen LogP contribution in [0.25, 0.3) is 6.08 Å². The third-order valence-electron chi connectivity index (χ3n) is 2.02. The van der Waals surface area contributed by atoms with Crippen molar-refractivity contribution in [1.29, 1.82) is 0 Å². The molecule has 0 heterocycles. The normalized spacial score (nSPS) is 10.8. The molecule has 0 fully saturated rings. The van der Waals surface area contributed by atoms with E-state index in [1.165, 1.54) is 7.11 Å². The summed E-state index contributed by atoms with van der Waals surface area (Å²) in [5, 5.41) is 9.52. The van der Waals surface area contributed by atoms with Crippen molar-refractivity contribution in [2.75, 3.05) is 13.7 Å². The van der Waals surface area contributed by atoms with E-state index in [-0.39, 0.29) is 5.75 Å². The molecule has 0 saturated carbocycles. The van der Waals surface area contributed by atoms with Crippen molar-refractivity contribution < 1.29 is 9.84 Å². The molecule has 0 atom stereocenters. The van der Waals surface area contributed by atoms with Crippen molar-refractivity contribution in [3.63, 3.8) is 0 Å². The Hall–Kier alpha value is -1.48. The Morgan fingerprint density at radius 2 is 2.21 bits per heavy atom. The zero-order valence-electron chi connectivity index (χ0n) is 8.45. The van der Waals surface area contributed by atoms with E-state index in [0.29, 0.717) is 12.3 Å². The highest BCUT2D eigenvalue weighted by molar-refractivity contribution is 5.65. The fourth-order valence-electron chi connectivity index (χ4n) is 1.29. The molecule has 0 aliphatic rings. The number of methoxy groups -OCH3 is 1.